The van der Waals surface area contributed by atoms with Gasteiger partial charge in [-0.15, -0.1) is 0 Å². The van der Waals surface area contributed by atoms with Crippen molar-refractivity contribution in [1.29, 1.82) is 0 Å². The van der Waals surface area contributed by atoms with Crippen LogP contribution in [0.15, 0.2) is 0 Å². The van der Waals surface area contributed by atoms with E-state index in [4.69, 9.17) is 5.73 Å². The first-order chi connectivity index (χ1) is 5.56. The molecule has 3 nitrogen and oxygen atoms in total. The fourth-order valence-corrected chi connectivity index (χ4v) is 1.52. The molecule has 1 aliphatic rings. The minimum absolute atomic E-state index is 0.0885. The molecule has 1 rings (SSSR count). The zero-order valence-electron chi connectivity index (χ0n) is 8.13. The third kappa shape index (κ3) is 1.33. The second-order valence-corrected chi connectivity index (χ2v) is 3.71. The minimum Gasteiger partial charge on any atom is -0.343 e. The van der Waals surface area contributed by atoms with Gasteiger partial charge in [0.1, 0.15) is 0 Å². The lowest BCUT2D eigenvalue weighted by atomic mass is 10.1. The van der Waals surface area contributed by atoms with Crippen molar-refractivity contribution in [2.75, 3.05) is 13.1 Å². The molecule has 0 bridgehead atoms. The van der Waals surface area contributed by atoms with Crippen LogP contribution in [0.25, 0.3) is 0 Å². The molecule has 0 radical (unpaired) electrons. The zero-order chi connectivity index (χ0) is 9.35. The van der Waals surface area contributed by atoms with Crippen LogP contribution in [0.2, 0.25) is 0 Å². The normalized spacial score (nSPS) is 33.2. The highest BCUT2D eigenvalue weighted by Gasteiger charge is 2.54. The summed E-state index contributed by atoms with van der Waals surface area (Å²) in [5, 5.41) is 0. The third-order valence-electron chi connectivity index (χ3n) is 2.84. The Morgan fingerprint density at radius 2 is 2.00 bits per heavy atom. The van der Waals surface area contributed by atoms with E-state index >= 15 is 0 Å². The van der Waals surface area contributed by atoms with Crippen molar-refractivity contribution >= 4 is 5.91 Å². The Bertz CT molecular complexity index is 189. The van der Waals surface area contributed by atoms with Crippen LogP contribution in [0.4, 0.5) is 0 Å². The summed E-state index contributed by atoms with van der Waals surface area (Å²) < 4.78 is 0. The lowest BCUT2D eigenvalue weighted by Gasteiger charge is -2.22. The molecular formula is C9H18N2O. The molecular weight excluding hydrogens is 152 g/mol. The second-order valence-electron chi connectivity index (χ2n) is 3.71. The van der Waals surface area contributed by atoms with E-state index in [0.29, 0.717) is 0 Å². The van der Waals surface area contributed by atoms with Crippen molar-refractivity contribution in [2.24, 2.45) is 11.1 Å². The van der Waals surface area contributed by atoms with Gasteiger partial charge < -0.3 is 10.6 Å². The zero-order valence-corrected chi connectivity index (χ0v) is 8.13. The quantitative estimate of drug-likeness (QED) is 0.674. The number of amides is 1. The molecule has 1 fully saturated rings. The summed E-state index contributed by atoms with van der Waals surface area (Å²) in [5.41, 5.74) is 5.46. The van der Waals surface area contributed by atoms with Crippen molar-refractivity contribution in [3.8, 4) is 0 Å². The maximum absolute atomic E-state index is 11.7. The summed E-state index contributed by atoms with van der Waals surface area (Å²) in [7, 11) is 0. The van der Waals surface area contributed by atoms with E-state index in [2.05, 4.69) is 0 Å². The molecule has 0 spiro atoms. The number of carbonyl (C=O) groups excluding carboxylic acids is 1. The van der Waals surface area contributed by atoms with Crippen LogP contribution in [-0.2, 0) is 4.79 Å². The van der Waals surface area contributed by atoms with Gasteiger partial charge in [-0.1, -0.05) is 0 Å². The third-order valence-corrected chi connectivity index (χ3v) is 2.84. The molecule has 0 heterocycles. The smallest absolute Gasteiger partial charge is 0.230 e. The van der Waals surface area contributed by atoms with Gasteiger partial charge in [-0.3, -0.25) is 4.79 Å². The fraction of sp³-hybridized carbons (Fsp3) is 0.889. The van der Waals surface area contributed by atoms with Crippen molar-refractivity contribution in [1.82, 2.24) is 4.90 Å². The fourth-order valence-electron chi connectivity index (χ4n) is 1.52. The summed E-state index contributed by atoms with van der Waals surface area (Å²) >= 11 is 0. The number of nitrogens with two attached hydrogens (primary N) is 1. The summed E-state index contributed by atoms with van der Waals surface area (Å²) in [4.78, 5) is 13.6. The Morgan fingerprint density at radius 3 is 2.25 bits per heavy atom. The van der Waals surface area contributed by atoms with Crippen LogP contribution >= 0.6 is 0 Å². The van der Waals surface area contributed by atoms with E-state index in [9.17, 15) is 4.79 Å². The summed E-state index contributed by atoms with van der Waals surface area (Å²) in [6.07, 6.45) is 0.850. The van der Waals surface area contributed by atoms with Crippen LogP contribution in [0.5, 0.6) is 0 Å². The van der Waals surface area contributed by atoms with Crippen molar-refractivity contribution in [3.63, 3.8) is 0 Å². The standard InChI is InChI=1S/C9H18N2O/c1-4-11(5-2)8(12)9(3)6-7(9)10/h7H,4-6,10H2,1-3H3. The molecule has 0 aromatic rings. The maximum Gasteiger partial charge on any atom is 0.230 e. The van der Waals surface area contributed by atoms with E-state index in [-0.39, 0.29) is 17.4 Å². The maximum atomic E-state index is 11.7. The molecule has 1 amide bonds. The number of hydrogen-bond acceptors (Lipinski definition) is 2. The number of rotatable bonds is 3. The summed E-state index contributed by atoms with van der Waals surface area (Å²) in [6, 6.07) is 0.0885. The van der Waals surface area contributed by atoms with Crippen LogP contribution in [0.3, 0.4) is 0 Å². The van der Waals surface area contributed by atoms with Gasteiger partial charge in [-0.2, -0.15) is 0 Å². The monoisotopic (exact) mass is 170 g/mol. The molecule has 70 valence electrons. The molecule has 12 heavy (non-hydrogen) atoms. The van der Waals surface area contributed by atoms with Crippen LogP contribution in [-0.4, -0.2) is 29.9 Å². The Labute approximate surface area is 73.9 Å². The lowest BCUT2D eigenvalue weighted by molar-refractivity contribution is -0.136. The average Bonchev–Trinajstić information content (AvgIpc) is 2.64. The Kier molecular flexibility index (Phi) is 2.42. The van der Waals surface area contributed by atoms with Gasteiger partial charge in [0.05, 0.1) is 5.41 Å². The highest BCUT2D eigenvalue weighted by Crippen LogP contribution is 2.45. The molecule has 2 atom stereocenters. The molecule has 0 saturated heterocycles. The Balaban J connectivity index is 2.58. The SMILES string of the molecule is CCN(CC)C(=O)C1(C)CC1N. The van der Waals surface area contributed by atoms with Gasteiger partial charge in [0, 0.05) is 19.1 Å². The highest BCUT2D eigenvalue weighted by molar-refractivity contribution is 5.86. The topological polar surface area (TPSA) is 46.3 Å². The average molecular weight is 170 g/mol. The predicted molar refractivity (Wildman–Crippen MR) is 48.6 cm³/mol. The number of carbonyl (C=O) groups is 1. The van der Waals surface area contributed by atoms with E-state index in [1.165, 1.54) is 0 Å². The van der Waals surface area contributed by atoms with Crippen LogP contribution in [0.1, 0.15) is 27.2 Å². The largest absolute Gasteiger partial charge is 0.343 e. The van der Waals surface area contributed by atoms with Crippen molar-refractivity contribution < 1.29 is 4.79 Å². The summed E-state index contributed by atoms with van der Waals surface area (Å²) in [6.45, 7) is 7.53. The first kappa shape index (κ1) is 9.52. The second kappa shape index (κ2) is 3.05. The first-order valence-electron chi connectivity index (χ1n) is 4.61. The molecule has 0 aliphatic heterocycles. The van der Waals surface area contributed by atoms with Gasteiger partial charge >= 0.3 is 0 Å². The lowest BCUT2D eigenvalue weighted by Crippen LogP contribution is -2.38. The molecule has 0 aromatic carbocycles. The predicted octanol–water partition coefficient (Wildman–Crippen LogP) is 0.592. The molecule has 1 aliphatic carbocycles. The molecule has 2 unspecified atom stereocenters. The minimum atomic E-state index is -0.244. The highest BCUT2D eigenvalue weighted by atomic mass is 16.2. The van der Waals surface area contributed by atoms with Gasteiger partial charge in [-0.05, 0) is 27.2 Å². The van der Waals surface area contributed by atoms with E-state index in [0.717, 1.165) is 19.5 Å². The molecule has 2 N–H and O–H groups in total. The van der Waals surface area contributed by atoms with E-state index in [1.54, 1.807) is 0 Å². The van der Waals surface area contributed by atoms with E-state index in [1.807, 2.05) is 25.7 Å². The molecule has 3 heteroatoms. The summed E-state index contributed by atoms with van der Waals surface area (Å²) in [5.74, 6) is 0.222. The van der Waals surface area contributed by atoms with Crippen LogP contribution < -0.4 is 5.73 Å². The first-order valence-corrected chi connectivity index (χ1v) is 4.61. The number of nitrogens with zero attached hydrogens (tertiary/aromatic N) is 1. The van der Waals surface area contributed by atoms with Crippen molar-refractivity contribution in [3.05, 3.63) is 0 Å². The molecule has 1 saturated carbocycles. The van der Waals surface area contributed by atoms with Gasteiger partial charge in [0.2, 0.25) is 5.91 Å². The Morgan fingerprint density at radius 1 is 1.58 bits per heavy atom. The number of hydrogen-bond donors (Lipinski definition) is 1. The molecule has 0 aromatic heterocycles. The Hall–Kier alpha value is -0.570. The van der Waals surface area contributed by atoms with Crippen LogP contribution in [0, 0.1) is 5.41 Å². The van der Waals surface area contributed by atoms with Gasteiger partial charge in [-0.25, -0.2) is 0 Å². The van der Waals surface area contributed by atoms with Gasteiger partial charge in [0.25, 0.3) is 0 Å². The van der Waals surface area contributed by atoms with E-state index < -0.39 is 0 Å². The van der Waals surface area contributed by atoms with Gasteiger partial charge in [0.15, 0.2) is 0 Å². The van der Waals surface area contributed by atoms with Crippen molar-refractivity contribution in [2.45, 2.75) is 33.2 Å².